The number of nitrogens with zero attached hydrogens (tertiary/aromatic N) is 2. The monoisotopic (exact) mass is 363 g/mol. The van der Waals surface area contributed by atoms with Crippen molar-refractivity contribution in [2.75, 3.05) is 33.2 Å². The fourth-order valence-electron chi connectivity index (χ4n) is 4.75. The molecule has 1 fully saturated rings. The van der Waals surface area contributed by atoms with Crippen LogP contribution < -0.4 is 5.32 Å². The Morgan fingerprint density at radius 1 is 1.07 bits per heavy atom. The summed E-state index contributed by atoms with van der Waals surface area (Å²) in [5.74, 6) is 0.228. The van der Waals surface area contributed by atoms with Crippen LogP contribution in [0.5, 0.6) is 0 Å². The Kier molecular flexibility index (Phi) is 5.02. The molecule has 1 amide bonds. The van der Waals surface area contributed by atoms with Crippen molar-refractivity contribution in [3.8, 4) is 0 Å². The number of likely N-dealkylation sites (N-methyl/N-ethyl adjacent to an activating group) is 1. The Labute approximate surface area is 162 Å². The number of carbonyl (C=O) groups is 1. The summed E-state index contributed by atoms with van der Waals surface area (Å²) in [5.41, 5.74) is 3.18. The molecule has 1 unspecified atom stereocenters. The molecule has 1 N–H and O–H groups in total. The molecular weight excluding hydrogens is 334 g/mol. The number of benzene rings is 2. The summed E-state index contributed by atoms with van der Waals surface area (Å²) in [6, 6.07) is 18.9. The van der Waals surface area contributed by atoms with Gasteiger partial charge in [0.05, 0.1) is 6.04 Å². The van der Waals surface area contributed by atoms with Crippen molar-refractivity contribution in [1.82, 2.24) is 15.1 Å². The average molecular weight is 364 g/mol. The zero-order chi connectivity index (χ0) is 18.9. The van der Waals surface area contributed by atoms with Crippen molar-refractivity contribution < 1.29 is 4.79 Å². The van der Waals surface area contributed by atoms with E-state index in [0.717, 1.165) is 39.0 Å². The third kappa shape index (κ3) is 3.07. The first-order valence-corrected chi connectivity index (χ1v) is 10.0. The van der Waals surface area contributed by atoms with E-state index in [-0.39, 0.29) is 11.9 Å². The highest BCUT2D eigenvalue weighted by Gasteiger charge is 2.51. The third-order valence-electron chi connectivity index (χ3n) is 6.41. The smallest absolute Gasteiger partial charge is 0.247 e. The van der Waals surface area contributed by atoms with Crippen LogP contribution in [-0.4, -0.2) is 48.9 Å². The molecule has 4 heteroatoms. The molecule has 0 radical (unpaired) electrons. The van der Waals surface area contributed by atoms with Crippen LogP contribution in [0.3, 0.4) is 0 Å². The molecule has 0 saturated carbocycles. The number of rotatable bonds is 4. The van der Waals surface area contributed by atoms with Gasteiger partial charge in [-0.3, -0.25) is 9.69 Å². The highest BCUT2D eigenvalue weighted by atomic mass is 16.2. The highest BCUT2D eigenvalue weighted by Crippen LogP contribution is 2.44. The van der Waals surface area contributed by atoms with Gasteiger partial charge < -0.3 is 10.2 Å². The minimum Gasteiger partial charge on any atom is -0.337 e. The molecule has 2 aromatic carbocycles. The summed E-state index contributed by atoms with van der Waals surface area (Å²) < 4.78 is 0. The lowest BCUT2D eigenvalue weighted by Gasteiger charge is -2.45. The summed E-state index contributed by atoms with van der Waals surface area (Å²) in [6.45, 7) is 5.82. The van der Waals surface area contributed by atoms with E-state index in [1.54, 1.807) is 0 Å². The van der Waals surface area contributed by atoms with Crippen molar-refractivity contribution in [1.29, 1.82) is 0 Å². The van der Waals surface area contributed by atoms with Crippen LogP contribution in [0.1, 0.15) is 36.1 Å². The summed E-state index contributed by atoms with van der Waals surface area (Å²) in [7, 11) is 1.96. The summed E-state index contributed by atoms with van der Waals surface area (Å²) in [5, 5.41) is 3.43. The number of piperazine rings is 1. The van der Waals surface area contributed by atoms with E-state index in [0.29, 0.717) is 0 Å². The number of nitrogens with one attached hydrogen (secondary N) is 1. The summed E-state index contributed by atoms with van der Waals surface area (Å²) in [6.07, 6.45) is 1.84. The Morgan fingerprint density at radius 2 is 1.74 bits per heavy atom. The Balaban J connectivity index is 1.72. The SMILES string of the molecule is C[C@@H](c1ccccc1)N(C)C(=O)C1(N2CCNCC2)CCc2ccccc21. The van der Waals surface area contributed by atoms with Crippen molar-refractivity contribution in [3.63, 3.8) is 0 Å². The second kappa shape index (κ2) is 7.45. The van der Waals surface area contributed by atoms with Gasteiger partial charge in [0.25, 0.3) is 0 Å². The Bertz CT molecular complexity index is 800. The van der Waals surface area contributed by atoms with Crippen LogP contribution in [0.2, 0.25) is 0 Å². The second-order valence-corrected chi connectivity index (χ2v) is 7.76. The first kappa shape index (κ1) is 18.2. The molecule has 0 spiro atoms. The van der Waals surface area contributed by atoms with Crippen molar-refractivity contribution in [2.24, 2.45) is 0 Å². The van der Waals surface area contributed by atoms with Gasteiger partial charge in [0.15, 0.2) is 0 Å². The quantitative estimate of drug-likeness (QED) is 0.907. The Morgan fingerprint density at radius 3 is 2.48 bits per heavy atom. The second-order valence-electron chi connectivity index (χ2n) is 7.76. The molecule has 0 aromatic heterocycles. The van der Waals surface area contributed by atoms with E-state index in [1.807, 2.05) is 30.1 Å². The van der Waals surface area contributed by atoms with Crippen molar-refractivity contribution in [3.05, 3.63) is 71.3 Å². The van der Waals surface area contributed by atoms with Gasteiger partial charge in [-0.25, -0.2) is 0 Å². The van der Waals surface area contributed by atoms with E-state index in [9.17, 15) is 4.79 Å². The standard InChI is InChI=1S/C23H29N3O/c1-18(19-8-4-3-5-9-19)25(2)22(27)23(26-16-14-24-15-17-26)13-12-20-10-6-7-11-21(20)23/h3-11,18,24H,12-17H2,1-2H3/t18-,23?/m0/s1. The van der Waals surface area contributed by atoms with Gasteiger partial charge in [-0.2, -0.15) is 0 Å². The predicted octanol–water partition coefficient (Wildman–Crippen LogP) is 2.95. The largest absolute Gasteiger partial charge is 0.337 e. The molecule has 1 heterocycles. The van der Waals surface area contributed by atoms with E-state index in [4.69, 9.17) is 0 Å². The molecule has 4 rings (SSSR count). The molecule has 142 valence electrons. The number of hydrogen-bond acceptors (Lipinski definition) is 3. The van der Waals surface area contributed by atoms with Crippen LogP contribution in [0.15, 0.2) is 54.6 Å². The average Bonchev–Trinajstić information content (AvgIpc) is 3.14. The highest BCUT2D eigenvalue weighted by molar-refractivity contribution is 5.89. The van der Waals surface area contributed by atoms with Crippen LogP contribution >= 0.6 is 0 Å². The molecule has 1 aliphatic carbocycles. The van der Waals surface area contributed by atoms with E-state index in [2.05, 4.69) is 53.5 Å². The molecule has 1 aliphatic heterocycles. The van der Waals surface area contributed by atoms with Crippen LogP contribution in [0.4, 0.5) is 0 Å². The van der Waals surface area contributed by atoms with Crippen LogP contribution in [0.25, 0.3) is 0 Å². The van der Waals surface area contributed by atoms with Crippen molar-refractivity contribution >= 4 is 5.91 Å². The fourth-order valence-corrected chi connectivity index (χ4v) is 4.75. The third-order valence-corrected chi connectivity index (χ3v) is 6.41. The van der Waals surface area contributed by atoms with Crippen LogP contribution in [0, 0.1) is 0 Å². The topological polar surface area (TPSA) is 35.6 Å². The van der Waals surface area contributed by atoms with Gasteiger partial charge in [0, 0.05) is 33.2 Å². The lowest BCUT2D eigenvalue weighted by Crippen LogP contribution is -2.60. The number of aryl methyl sites for hydroxylation is 1. The minimum atomic E-state index is -0.531. The number of fused-ring (bicyclic) bond motifs is 1. The van der Waals surface area contributed by atoms with Gasteiger partial charge in [0.1, 0.15) is 5.54 Å². The first-order valence-electron chi connectivity index (χ1n) is 10.0. The molecule has 2 aromatic rings. The lowest BCUT2D eigenvalue weighted by molar-refractivity contribution is -0.147. The van der Waals surface area contributed by atoms with Gasteiger partial charge in [-0.1, -0.05) is 54.6 Å². The normalized spacial score (nSPS) is 23.6. The molecule has 0 bridgehead atoms. The van der Waals surface area contributed by atoms with Gasteiger partial charge in [-0.15, -0.1) is 0 Å². The number of hydrogen-bond donors (Lipinski definition) is 1. The fraction of sp³-hybridized carbons (Fsp3) is 0.435. The maximum absolute atomic E-state index is 14.0. The molecule has 2 atom stereocenters. The van der Waals surface area contributed by atoms with E-state index in [1.165, 1.54) is 16.7 Å². The zero-order valence-electron chi connectivity index (χ0n) is 16.3. The Hall–Kier alpha value is -2.17. The van der Waals surface area contributed by atoms with E-state index >= 15 is 0 Å². The molecule has 1 saturated heterocycles. The number of carbonyl (C=O) groups excluding carboxylic acids is 1. The summed E-state index contributed by atoms with van der Waals surface area (Å²) >= 11 is 0. The predicted molar refractivity (Wildman–Crippen MR) is 109 cm³/mol. The van der Waals surface area contributed by atoms with Crippen LogP contribution in [-0.2, 0) is 16.8 Å². The zero-order valence-corrected chi connectivity index (χ0v) is 16.3. The summed E-state index contributed by atoms with van der Waals surface area (Å²) in [4.78, 5) is 18.4. The van der Waals surface area contributed by atoms with Crippen molar-refractivity contribution in [2.45, 2.75) is 31.3 Å². The molecule has 2 aliphatic rings. The maximum Gasteiger partial charge on any atom is 0.247 e. The van der Waals surface area contributed by atoms with E-state index < -0.39 is 5.54 Å². The molecular formula is C23H29N3O. The molecule has 27 heavy (non-hydrogen) atoms. The molecule has 4 nitrogen and oxygen atoms in total. The first-order chi connectivity index (χ1) is 13.1. The van der Waals surface area contributed by atoms with Gasteiger partial charge >= 0.3 is 0 Å². The minimum absolute atomic E-state index is 0.0475. The van der Waals surface area contributed by atoms with Gasteiger partial charge in [-0.05, 0) is 36.5 Å². The maximum atomic E-state index is 14.0. The number of amides is 1. The lowest BCUT2D eigenvalue weighted by atomic mass is 9.86. The van der Waals surface area contributed by atoms with Gasteiger partial charge in [0.2, 0.25) is 5.91 Å².